The van der Waals surface area contributed by atoms with Gasteiger partial charge >= 0.3 is 84.3 Å². The van der Waals surface area contributed by atoms with E-state index in [1.165, 1.54) is 0 Å². The molecule has 0 saturated carbocycles. The van der Waals surface area contributed by atoms with Crippen LogP contribution in [0.4, 0.5) is 0 Å². The fourth-order valence-corrected chi connectivity index (χ4v) is 2.37. The van der Waals surface area contributed by atoms with Gasteiger partial charge in [-0.3, -0.25) is 0 Å². The second kappa shape index (κ2) is 7.53. The number of hydrogen-bond acceptors (Lipinski definition) is 5. The van der Waals surface area contributed by atoms with Crippen LogP contribution in [0, 0.1) is 0 Å². The molecule has 5 nitrogen and oxygen atoms in total. The van der Waals surface area contributed by atoms with Crippen LogP contribution < -0.4 is 21.0 Å². The van der Waals surface area contributed by atoms with Crippen LogP contribution in [0.1, 0.15) is 19.8 Å². The standard InChI is InChI=1S/C6H19N4OPS/c1-2-3-4-9-12(7,13)10-5-8-6-11/h6,9-10,12-13H,2-5,7H2,1H3,(H,8,11). The average molecular weight is 226 g/mol. The minimum absolute atomic E-state index is 0.356. The van der Waals surface area contributed by atoms with Gasteiger partial charge < -0.3 is 0 Å². The topological polar surface area (TPSA) is 79.2 Å². The third kappa shape index (κ3) is 8.46. The van der Waals surface area contributed by atoms with Gasteiger partial charge in [-0.1, -0.05) is 0 Å². The van der Waals surface area contributed by atoms with Crippen molar-refractivity contribution in [3.63, 3.8) is 0 Å². The van der Waals surface area contributed by atoms with Crippen molar-refractivity contribution in [2.75, 3.05) is 13.2 Å². The number of carbonyl (C=O) groups excluding carboxylic acids is 1. The molecule has 0 saturated heterocycles. The second-order valence-electron chi connectivity index (χ2n) is 2.72. The molecule has 1 amide bonds. The Morgan fingerprint density at radius 3 is 2.77 bits per heavy atom. The Hall–Kier alpha value is 0.130. The Morgan fingerprint density at radius 2 is 2.23 bits per heavy atom. The second-order valence-corrected chi connectivity index (χ2v) is 7.08. The summed E-state index contributed by atoms with van der Waals surface area (Å²) in [5.74, 6) is 0. The summed E-state index contributed by atoms with van der Waals surface area (Å²) >= 11 is 4.27. The van der Waals surface area contributed by atoms with E-state index in [9.17, 15) is 4.79 Å². The Balaban J connectivity index is 3.47. The van der Waals surface area contributed by atoms with E-state index in [-0.39, 0.29) is 0 Å². The van der Waals surface area contributed by atoms with Crippen molar-refractivity contribution >= 4 is 25.6 Å². The summed E-state index contributed by atoms with van der Waals surface area (Å²) in [6, 6.07) is 0. The molecule has 0 aliphatic rings. The van der Waals surface area contributed by atoms with E-state index < -0.39 is 6.92 Å². The monoisotopic (exact) mass is 226 g/mol. The molecule has 0 aliphatic carbocycles. The molecule has 0 unspecified atom stereocenters. The third-order valence-corrected chi connectivity index (χ3v) is 3.92. The molecule has 0 rings (SSSR count). The van der Waals surface area contributed by atoms with Crippen molar-refractivity contribution in [3.8, 4) is 0 Å². The molecule has 0 atom stereocenters. The normalized spacial score (nSPS) is 12.5. The first kappa shape index (κ1) is 13.1. The molecule has 5 N–H and O–H groups in total. The number of nitrogens with one attached hydrogen (secondary N) is 3. The van der Waals surface area contributed by atoms with Crippen LogP contribution in [0.5, 0.6) is 0 Å². The number of hydrogen-bond donors (Lipinski definition) is 5. The molecule has 0 aromatic heterocycles. The number of nitrogens with two attached hydrogens (primary N) is 1. The molecule has 0 heterocycles. The number of rotatable bonds is 8. The Kier molecular flexibility index (Phi) is 7.60. The maximum absolute atomic E-state index is 9.93. The van der Waals surface area contributed by atoms with Gasteiger partial charge in [-0.15, -0.1) is 0 Å². The van der Waals surface area contributed by atoms with Crippen LogP contribution in [-0.4, -0.2) is 19.6 Å². The maximum atomic E-state index is 9.93. The zero-order chi connectivity index (χ0) is 10.2. The Labute approximate surface area is 84.9 Å². The molecule has 0 radical (unpaired) electrons. The third-order valence-electron chi connectivity index (χ3n) is 1.47. The van der Waals surface area contributed by atoms with Crippen LogP contribution in [0.3, 0.4) is 0 Å². The van der Waals surface area contributed by atoms with Gasteiger partial charge in [0.1, 0.15) is 0 Å². The van der Waals surface area contributed by atoms with Crippen LogP contribution in [0.15, 0.2) is 0 Å². The molecule has 0 aliphatic heterocycles. The number of unbranched alkanes of at least 4 members (excludes halogenated alkanes) is 1. The first-order valence-electron chi connectivity index (χ1n) is 4.30. The summed E-state index contributed by atoms with van der Waals surface area (Å²) in [6.07, 6.45) is 2.82. The van der Waals surface area contributed by atoms with Gasteiger partial charge in [-0.2, -0.15) is 0 Å². The van der Waals surface area contributed by atoms with Gasteiger partial charge in [-0.05, 0) is 0 Å². The summed E-state index contributed by atoms with van der Waals surface area (Å²) in [5.41, 5.74) is 5.82. The van der Waals surface area contributed by atoms with Crippen LogP contribution in [0.25, 0.3) is 0 Å². The number of carbonyl (C=O) groups is 1. The first-order valence-corrected chi connectivity index (χ1v) is 7.67. The van der Waals surface area contributed by atoms with Gasteiger partial charge in [0.15, 0.2) is 0 Å². The molecule has 0 fully saturated rings. The van der Waals surface area contributed by atoms with E-state index in [2.05, 4.69) is 34.7 Å². The van der Waals surface area contributed by atoms with Crippen LogP contribution >= 0.6 is 19.2 Å². The molecule has 0 bridgehead atoms. The van der Waals surface area contributed by atoms with Crippen LogP contribution in [-0.2, 0) is 4.79 Å². The molecule has 80 valence electrons. The quantitative estimate of drug-likeness (QED) is 0.132. The Bertz CT molecular complexity index is 147. The van der Waals surface area contributed by atoms with Gasteiger partial charge in [0, 0.05) is 0 Å². The van der Waals surface area contributed by atoms with Crippen molar-refractivity contribution < 1.29 is 4.79 Å². The van der Waals surface area contributed by atoms with E-state index in [0.29, 0.717) is 13.1 Å². The predicted molar refractivity (Wildman–Crippen MR) is 61.6 cm³/mol. The van der Waals surface area contributed by atoms with Gasteiger partial charge in [0.05, 0.1) is 0 Å². The zero-order valence-corrected chi connectivity index (χ0v) is 9.73. The van der Waals surface area contributed by atoms with Crippen LogP contribution in [0.2, 0.25) is 0 Å². The molecular weight excluding hydrogens is 207 g/mol. The molecule has 0 aromatic rings. The fourth-order valence-electron chi connectivity index (χ4n) is 0.746. The van der Waals surface area contributed by atoms with Gasteiger partial charge in [0.25, 0.3) is 0 Å². The zero-order valence-electron chi connectivity index (χ0n) is 7.84. The predicted octanol–water partition coefficient (Wildman–Crippen LogP) is -0.0324. The summed E-state index contributed by atoms with van der Waals surface area (Å²) in [5, 5.41) is 8.55. The fraction of sp³-hybridized carbons (Fsp3) is 0.833. The SMILES string of the molecule is CCCCN[PH](N)(S)NCNC=O. The molecule has 13 heavy (non-hydrogen) atoms. The summed E-state index contributed by atoms with van der Waals surface area (Å²) < 4.78 is 0. The molecule has 0 spiro atoms. The average Bonchev–Trinajstić information content (AvgIpc) is 2.05. The summed E-state index contributed by atoms with van der Waals surface area (Å²) in [7, 11) is 0. The van der Waals surface area contributed by atoms with E-state index in [1.54, 1.807) is 0 Å². The van der Waals surface area contributed by atoms with Gasteiger partial charge in [-0.25, -0.2) is 0 Å². The molecule has 0 aromatic carbocycles. The van der Waals surface area contributed by atoms with E-state index >= 15 is 0 Å². The van der Waals surface area contributed by atoms with Crippen molar-refractivity contribution in [1.82, 2.24) is 15.5 Å². The van der Waals surface area contributed by atoms with Crippen molar-refractivity contribution in [2.45, 2.75) is 19.8 Å². The van der Waals surface area contributed by atoms with E-state index in [4.69, 9.17) is 5.50 Å². The number of amides is 1. The minimum atomic E-state index is -2.30. The number of thiol groups is 1. The molecular formula is C6H19N4OPS. The van der Waals surface area contributed by atoms with E-state index in [1.807, 2.05) is 0 Å². The first-order chi connectivity index (χ1) is 6.12. The summed E-state index contributed by atoms with van der Waals surface area (Å²) in [4.78, 5) is 9.93. The molecule has 7 heteroatoms. The van der Waals surface area contributed by atoms with Crippen molar-refractivity contribution in [1.29, 1.82) is 0 Å². The van der Waals surface area contributed by atoms with Crippen molar-refractivity contribution in [2.24, 2.45) is 5.50 Å². The van der Waals surface area contributed by atoms with Crippen molar-refractivity contribution in [3.05, 3.63) is 0 Å². The van der Waals surface area contributed by atoms with Gasteiger partial charge in [0.2, 0.25) is 0 Å². The summed E-state index contributed by atoms with van der Waals surface area (Å²) in [6.45, 7) is 1.02. The van der Waals surface area contributed by atoms with E-state index in [0.717, 1.165) is 19.4 Å². The Morgan fingerprint density at radius 1 is 1.54 bits per heavy atom.